The average Bonchev–Trinajstić information content (AvgIpc) is 2.89. The Hall–Kier alpha value is -2.42. The smallest absolute Gasteiger partial charge is 0.217 e. The highest BCUT2D eigenvalue weighted by atomic mass is 16.8. The van der Waals surface area contributed by atoms with Gasteiger partial charge in [-0.3, -0.25) is 9.59 Å². The van der Waals surface area contributed by atoms with Crippen molar-refractivity contribution in [1.82, 2.24) is 10.6 Å². The molecule has 38 heteroatoms. The average molecular weight is 1240 g/mol. The van der Waals surface area contributed by atoms with Crippen molar-refractivity contribution in [2.24, 2.45) is 0 Å². The van der Waals surface area contributed by atoms with E-state index in [4.69, 9.17) is 61.6 Å². The molecular formula is C46H78N2O36. The number of carbonyl (C=O) groups is 2. The number of amides is 2. The third-order valence-electron chi connectivity index (χ3n) is 15.3. The van der Waals surface area contributed by atoms with Crippen molar-refractivity contribution < 1.29 is 178 Å². The van der Waals surface area contributed by atoms with Crippen LogP contribution in [0.3, 0.4) is 0 Å². The molecule has 0 saturated carbocycles. The van der Waals surface area contributed by atoms with Crippen molar-refractivity contribution in [2.45, 2.75) is 229 Å². The maximum Gasteiger partial charge on any atom is 0.217 e. The van der Waals surface area contributed by atoms with Gasteiger partial charge in [0.15, 0.2) is 44.0 Å². The van der Waals surface area contributed by atoms with E-state index in [-0.39, 0.29) is 0 Å². The van der Waals surface area contributed by atoms with Gasteiger partial charge in [-0.25, -0.2) is 0 Å². The summed E-state index contributed by atoms with van der Waals surface area (Å²) in [5.41, 5.74) is 0. The summed E-state index contributed by atoms with van der Waals surface area (Å²) in [5.74, 6) is -1.62. The van der Waals surface area contributed by atoms with Gasteiger partial charge in [-0.2, -0.15) is 0 Å². The fourth-order valence-electron chi connectivity index (χ4n) is 10.6. The summed E-state index contributed by atoms with van der Waals surface area (Å²) in [4.78, 5) is 24.7. The Kier molecular flexibility index (Phi) is 24.6. The first-order valence-electron chi connectivity index (χ1n) is 26.6. The minimum absolute atomic E-state index is 0.742. The minimum atomic E-state index is -2.40. The summed E-state index contributed by atoms with van der Waals surface area (Å²) in [6.45, 7) is -4.73. The molecule has 7 aliphatic rings. The van der Waals surface area contributed by atoms with Gasteiger partial charge in [0.25, 0.3) is 0 Å². The molecule has 7 rings (SSSR count). The number of aliphatic hydroxyl groups excluding tert-OH is 21. The Balaban J connectivity index is 1.17. The molecule has 0 bridgehead atoms. The van der Waals surface area contributed by atoms with Gasteiger partial charge in [-0.1, -0.05) is 0 Å². The lowest BCUT2D eigenvalue weighted by molar-refractivity contribution is -0.398. The van der Waals surface area contributed by atoms with Crippen molar-refractivity contribution in [3.8, 4) is 0 Å². The number of aliphatic hydroxyl groups is 21. The molecule has 0 spiro atoms. The topological polar surface area (TPSA) is 603 Å². The maximum absolute atomic E-state index is 12.7. The third kappa shape index (κ3) is 14.9. The van der Waals surface area contributed by atoms with Crippen LogP contribution in [-0.2, 0) is 71.2 Å². The summed E-state index contributed by atoms with van der Waals surface area (Å²) in [7, 11) is 0. The molecular weight excluding hydrogens is 1160 g/mol. The molecule has 0 aromatic heterocycles. The van der Waals surface area contributed by atoms with Crippen molar-refractivity contribution in [1.29, 1.82) is 0 Å². The van der Waals surface area contributed by atoms with Crippen LogP contribution in [0.2, 0.25) is 0 Å². The molecule has 2 amide bonds. The number of hydrogen-bond donors (Lipinski definition) is 23. The van der Waals surface area contributed by atoms with Crippen molar-refractivity contribution >= 4 is 11.8 Å². The lowest BCUT2D eigenvalue weighted by atomic mass is 9.94. The van der Waals surface area contributed by atoms with Crippen LogP contribution >= 0.6 is 0 Å². The van der Waals surface area contributed by atoms with Crippen LogP contribution in [0.4, 0.5) is 0 Å². The number of hydrogen-bond acceptors (Lipinski definition) is 36. The molecule has 84 heavy (non-hydrogen) atoms. The van der Waals surface area contributed by atoms with Crippen LogP contribution in [0.1, 0.15) is 13.8 Å². The van der Waals surface area contributed by atoms with E-state index in [1.165, 1.54) is 0 Å². The first-order valence-corrected chi connectivity index (χ1v) is 26.6. The van der Waals surface area contributed by atoms with Crippen molar-refractivity contribution in [2.75, 3.05) is 46.2 Å². The minimum Gasteiger partial charge on any atom is -0.394 e. The standard InChI is InChI=1S/C46H78N2O36/c1-10(54)47-19-26(61)36(15(6-52)74-40(19)71)81-41-20(48-11(2)55)27(62)37(16(7-53)78-41)82-45-35(70)38(83-46-39(31(66)23(58)14(5-51)77-46)84-44-34(69)29(64)22(57)13(4-50)76-44)25(60)18(80-45)9-73-43-33(68)30(65)24(59)17(79-43)8-72-42-32(67)28(63)21(56)12(3-49)75-42/h12-46,49-53,56-71H,3-9H2,1-2H3,(H,47,54)(H,48,55)/t12-,13-,14-,15-,16-,17-,18-,19-,20-,21-,22-,23-,24-,25-,26-,27-,28+,29+,30+,31+,32+,33+,34+,35+,36-,37-,38+,39+,40-,41+,42+,43-,44-,45-,46-/m1/s1. The highest BCUT2D eigenvalue weighted by Gasteiger charge is 2.58. The largest absolute Gasteiger partial charge is 0.394 e. The Morgan fingerprint density at radius 2 is 0.643 bits per heavy atom. The number of ether oxygens (including phenoxy) is 13. The molecule has 23 N–H and O–H groups in total. The molecule has 7 saturated heterocycles. The molecule has 38 nitrogen and oxygen atoms in total. The SMILES string of the molecule is CC(=O)N[C@@H]1[C@@H](O)[C@H](O[C@@H]2O[C@H](CO)[C@@H](O[C@H]3O[C@H](CO[C@@H]4O[C@H](CO[C@H]5O[C@H](CO)[C@@H](O)[C@H](O)[C@@H]5O)[C@@H](O)[C@H](O)[C@@H]4O)[C@@H](O)[C@H](O[C@H]4O[C@H](CO)[C@@H](O)[C@H](O)[C@@H]4O[C@H]4O[C@H](CO)[C@@H](O)[C@H](O)[C@@H]4O)[C@@H]3O)[C@H](O)[C@H]2NC(C)=O)[C@@H](CO)O[C@H]1O. The second kappa shape index (κ2) is 29.9. The summed E-state index contributed by atoms with van der Waals surface area (Å²) in [5, 5.41) is 231. The summed E-state index contributed by atoms with van der Waals surface area (Å²) < 4.78 is 74.4. The number of rotatable bonds is 21. The van der Waals surface area contributed by atoms with Crippen LogP contribution in [-0.4, -0.2) is 380 Å². The highest BCUT2D eigenvalue weighted by molar-refractivity contribution is 5.73. The van der Waals surface area contributed by atoms with Crippen molar-refractivity contribution in [3.05, 3.63) is 0 Å². The summed E-state index contributed by atoms with van der Waals surface area (Å²) in [6, 6.07) is -3.39. The highest BCUT2D eigenvalue weighted by Crippen LogP contribution is 2.37. The molecule has 0 aromatic carbocycles. The van der Waals surface area contributed by atoms with E-state index in [1.54, 1.807) is 0 Å². The zero-order valence-electron chi connectivity index (χ0n) is 44.7. The molecule has 0 radical (unpaired) electrons. The fraction of sp³-hybridized carbons (Fsp3) is 0.957. The lowest BCUT2D eigenvalue weighted by Gasteiger charge is -2.50. The fourth-order valence-corrected chi connectivity index (χ4v) is 10.6. The summed E-state index contributed by atoms with van der Waals surface area (Å²) in [6.07, 6.45) is -65.2. The van der Waals surface area contributed by atoms with E-state index in [9.17, 15) is 117 Å². The normalized spacial score (nSPS) is 50.3. The first kappa shape index (κ1) is 69.1. The third-order valence-corrected chi connectivity index (χ3v) is 15.3. The van der Waals surface area contributed by atoms with Gasteiger partial charge in [0.05, 0.1) is 46.2 Å². The Morgan fingerprint density at radius 3 is 1.14 bits per heavy atom. The van der Waals surface area contributed by atoms with E-state index in [2.05, 4.69) is 10.6 Å². The monoisotopic (exact) mass is 1230 g/mol. The Labute approximate surface area is 475 Å². The first-order chi connectivity index (χ1) is 39.7. The molecule has 7 fully saturated rings. The van der Waals surface area contributed by atoms with E-state index < -0.39 is 273 Å². The zero-order chi connectivity index (χ0) is 61.9. The molecule has 488 valence electrons. The molecule has 0 aliphatic carbocycles. The molecule has 35 atom stereocenters. The Bertz CT molecular complexity index is 2060. The van der Waals surface area contributed by atoms with Gasteiger partial charge in [-0.05, 0) is 0 Å². The van der Waals surface area contributed by atoms with E-state index in [1.807, 2.05) is 0 Å². The molecule has 7 aliphatic heterocycles. The van der Waals surface area contributed by atoms with Crippen LogP contribution in [0.25, 0.3) is 0 Å². The lowest BCUT2D eigenvalue weighted by Crippen LogP contribution is -2.70. The van der Waals surface area contributed by atoms with Gasteiger partial charge in [-0.15, -0.1) is 0 Å². The maximum atomic E-state index is 12.7. The quantitative estimate of drug-likeness (QED) is 0.0507. The molecule has 0 aromatic rings. The predicted octanol–water partition coefficient (Wildman–Crippen LogP) is -16.0. The predicted molar refractivity (Wildman–Crippen MR) is 255 cm³/mol. The van der Waals surface area contributed by atoms with E-state index in [0.717, 1.165) is 13.8 Å². The molecule has 0 unspecified atom stereocenters. The number of carbonyl (C=O) groups excluding carboxylic acids is 2. The van der Waals surface area contributed by atoms with Gasteiger partial charge in [0.1, 0.15) is 171 Å². The van der Waals surface area contributed by atoms with Gasteiger partial charge in [0.2, 0.25) is 11.8 Å². The zero-order valence-corrected chi connectivity index (χ0v) is 44.7. The van der Waals surface area contributed by atoms with Gasteiger partial charge in [0, 0.05) is 13.8 Å². The second-order valence-corrected chi connectivity index (χ2v) is 21.1. The van der Waals surface area contributed by atoms with Gasteiger partial charge < -0.3 is 179 Å². The van der Waals surface area contributed by atoms with E-state index in [0.29, 0.717) is 0 Å². The Morgan fingerprint density at radius 1 is 0.310 bits per heavy atom. The van der Waals surface area contributed by atoms with Crippen LogP contribution < -0.4 is 10.6 Å². The van der Waals surface area contributed by atoms with Crippen molar-refractivity contribution in [3.63, 3.8) is 0 Å². The second-order valence-electron chi connectivity index (χ2n) is 21.1. The van der Waals surface area contributed by atoms with Gasteiger partial charge >= 0.3 is 0 Å². The van der Waals surface area contributed by atoms with Crippen LogP contribution in [0.15, 0.2) is 0 Å². The van der Waals surface area contributed by atoms with Crippen LogP contribution in [0, 0.1) is 0 Å². The number of nitrogens with one attached hydrogen (secondary N) is 2. The van der Waals surface area contributed by atoms with E-state index >= 15 is 0 Å². The summed E-state index contributed by atoms with van der Waals surface area (Å²) >= 11 is 0. The van der Waals surface area contributed by atoms with Crippen LogP contribution in [0.5, 0.6) is 0 Å². The molecule has 7 heterocycles.